The predicted octanol–water partition coefficient (Wildman–Crippen LogP) is 3.19. The largest absolute Gasteiger partial charge is 0.494 e. The van der Waals surface area contributed by atoms with Crippen LogP contribution in [0.15, 0.2) is 47.5 Å². The molecule has 0 fully saturated rings. The lowest BCUT2D eigenvalue weighted by atomic mass is 10.2. The summed E-state index contributed by atoms with van der Waals surface area (Å²) in [6.07, 6.45) is 0. The minimum atomic E-state index is -0.482. The molecule has 31 heavy (non-hydrogen) atoms. The molecule has 0 atom stereocenters. The van der Waals surface area contributed by atoms with Gasteiger partial charge in [-0.25, -0.2) is 4.79 Å². The Labute approximate surface area is 182 Å². The minimum absolute atomic E-state index is 0.120. The fraction of sp³-hybridized carbons (Fsp3) is 0.273. The van der Waals surface area contributed by atoms with Crippen molar-refractivity contribution in [3.8, 4) is 5.75 Å². The van der Waals surface area contributed by atoms with Crippen LogP contribution in [0.25, 0.3) is 10.2 Å². The number of fused-ring (bicyclic) bond motifs is 1. The lowest BCUT2D eigenvalue weighted by Crippen LogP contribution is -2.22. The molecule has 9 heteroatoms. The highest BCUT2D eigenvalue weighted by Gasteiger charge is 2.15. The number of hydrogen-bond acceptors (Lipinski definition) is 7. The second-order valence-corrected chi connectivity index (χ2v) is 7.33. The molecule has 0 aliphatic heterocycles. The molecular weight excluding hydrogens is 420 g/mol. The highest BCUT2D eigenvalue weighted by Crippen LogP contribution is 2.20. The molecule has 162 valence electrons. The summed E-state index contributed by atoms with van der Waals surface area (Å²) in [5, 5.41) is 0. The molecule has 2 aromatic carbocycles. The van der Waals surface area contributed by atoms with Gasteiger partial charge in [0.25, 0.3) is 5.91 Å². The number of ether oxygens (including phenoxy) is 3. The third kappa shape index (κ3) is 5.18. The maximum Gasteiger partial charge on any atom is 0.338 e. The van der Waals surface area contributed by atoms with Crippen LogP contribution in [0.1, 0.15) is 34.6 Å². The van der Waals surface area contributed by atoms with Crippen molar-refractivity contribution in [3.63, 3.8) is 0 Å². The Kier molecular flexibility index (Phi) is 7.19. The van der Waals surface area contributed by atoms with Gasteiger partial charge >= 0.3 is 11.9 Å². The molecule has 1 aromatic heterocycles. The molecule has 0 aliphatic rings. The lowest BCUT2D eigenvalue weighted by molar-refractivity contribution is -0.141. The molecule has 0 bridgehead atoms. The smallest absolute Gasteiger partial charge is 0.338 e. The highest BCUT2D eigenvalue weighted by molar-refractivity contribution is 7.16. The summed E-state index contributed by atoms with van der Waals surface area (Å²) in [5.74, 6) is -0.725. The van der Waals surface area contributed by atoms with Crippen LogP contribution in [0, 0.1) is 0 Å². The number of amides is 1. The van der Waals surface area contributed by atoms with Gasteiger partial charge in [-0.3, -0.25) is 9.59 Å². The van der Waals surface area contributed by atoms with Crippen molar-refractivity contribution in [1.82, 2.24) is 4.57 Å². The standard InChI is InChI=1S/C22H22N2O6S/c1-4-29-16-9-6-14(7-10-16)20(26)23-22-24(13-19(25)28-3)17-11-8-15(12-18(17)31-22)21(27)30-5-2/h6-12H,4-5,13H2,1-3H3. The summed E-state index contributed by atoms with van der Waals surface area (Å²) in [6, 6.07) is 11.6. The van der Waals surface area contributed by atoms with Crippen LogP contribution < -0.4 is 9.54 Å². The number of carbonyl (C=O) groups excluding carboxylic acids is 3. The van der Waals surface area contributed by atoms with E-state index in [-0.39, 0.29) is 13.2 Å². The summed E-state index contributed by atoms with van der Waals surface area (Å²) < 4.78 is 17.5. The van der Waals surface area contributed by atoms with Crippen molar-refractivity contribution in [2.45, 2.75) is 20.4 Å². The zero-order valence-electron chi connectivity index (χ0n) is 17.4. The van der Waals surface area contributed by atoms with Crippen molar-refractivity contribution in [1.29, 1.82) is 0 Å². The molecule has 3 rings (SSSR count). The summed E-state index contributed by atoms with van der Waals surface area (Å²) in [6.45, 7) is 4.28. The van der Waals surface area contributed by atoms with Crippen LogP contribution in [-0.2, 0) is 20.8 Å². The summed E-state index contributed by atoms with van der Waals surface area (Å²) >= 11 is 1.20. The van der Waals surface area contributed by atoms with E-state index >= 15 is 0 Å². The van der Waals surface area contributed by atoms with Crippen LogP contribution in [0.2, 0.25) is 0 Å². The number of hydrogen-bond donors (Lipinski definition) is 0. The lowest BCUT2D eigenvalue weighted by Gasteiger charge is -2.05. The van der Waals surface area contributed by atoms with E-state index in [1.165, 1.54) is 18.4 Å². The Morgan fingerprint density at radius 3 is 2.35 bits per heavy atom. The first-order chi connectivity index (χ1) is 15.0. The first kappa shape index (κ1) is 22.2. The van der Waals surface area contributed by atoms with Gasteiger partial charge in [0, 0.05) is 5.56 Å². The van der Waals surface area contributed by atoms with E-state index in [0.717, 1.165) is 0 Å². The molecule has 0 saturated heterocycles. The summed E-state index contributed by atoms with van der Waals surface area (Å²) in [7, 11) is 1.29. The van der Waals surface area contributed by atoms with Crippen molar-refractivity contribution in [3.05, 3.63) is 58.4 Å². The second kappa shape index (κ2) is 10.0. The van der Waals surface area contributed by atoms with Gasteiger partial charge in [0.2, 0.25) is 0 Å². The molecule has 0 N–H and O–H groups in total. The number of methoxy groups -OCH3 is 1. The number of aromatic nitrogens is 1. The SMILES string of the molecule is CCOC(=O)c1ccc2c(c1)sc(=NC(=O)c1ccc(OCC)cc1)n2CC(=O)OC. The Bertz CT molecular complexity index is 1180. The van der Waals surface area contributed by atoms with Crippen molar-refractivity contribution in [2.24, 2.45) is 4.99 Å². The summed E-state index contributed by atoms with van der Waals surface area (Å²) in [4.78, 5) is 41.3. The zero-order chi connectivity index (χ0) is 22.4. The number of carbonyl (C=O) groups is 3. The molecule has 0 aliphatic carbocycles. The average molecular weight is 442 g/mol. The van der Waals surface area contributed by atoms with E-state index in [0.29, 0.717) is 38.5 Å². The second-order valence-electron chi connectivity index (χ2n) is 6.32. The quantitative estimate of drug-likeness (QED) is 0.522. The van der Waals surface area contributed by atoms with E-state index in [9.17, 15) is 14.4 Å². The van der Waals surface area contributed by atoms with Crippen LogP contribution in [-0.4, -0.2) is 42.7 Å². The van der Waals surface area contributed by atoms with Gasteiger partial charge in [0.05, 0.1) is 36.1 Å². The topological polar surface area (TPSA) is 96.2 Å². The van der Waals surface area contributed by atoms with Crippen molar-refractivity contribution < 1.29 is 28.6 Å². The molecule has 0 unspecified atom stereocenters. The van der Waals surface area contributed by atoms with Crippen LogP contribution >= 0.6 is 11.3 Å². The van der Waals surface area contributed by atoms with Crippen LogP contribution in [0.3, 0.4) is 0 Å². The molecule has 3 aromatic rings. The fourth-order valence-corrected chi connectivity index (χ4v) is 3.93. The fourth-order valence-electron chi connectivity index (χ4n) is 2.86. The Morgan fingerprint density at radius 1 is 1.00 bits per heavy atom. The van der Waals surface area contributed by atoms with Gasteiger partial charge in [0.15, 0.2) is 4.80 Å². The zero-order valence-corrected chi connectivity index (χ0v) is 18.2. The molecule has 0 saturated carbocycles. The minimum Gasteiger partial charge on any atom is -0.494 e. The Hall–Kier alpha value is -3.46. The Morgan fingerprint density at radius 2 is 1.71 bits per heavy atom. The van der Waals surface area contributed by atoms with E-state index in [1.807, 2.05) is 6.92 Å². The van der Waals surface area contributed by atoms with Crippen LogP contribution in [0.5, 0.6) is 5.75 Å². The van der Waals surface area contributed by atoms with Gasteiger partial charge < -0.3 is 18.8 Å². The number of thiazole rings is 1. The Balaban J connectivity index is 2.05. The van der Waals surface area contributed by atoms with Crippen molar-refractivity contribution in [2.75, 3.05) is 20.3 Å². The average Bonchev–Trinajstić information content (AvgIpc) is 3.10. The third-order valence-corrected chi connectivity index (χ3v) is 5.36. The molecule has 0 radical (unpaired) electrons. The summed E-state index contributed by atoms with van der Waals surface area (Å²) in [5.41, 5.74) is 1.42. The maximum atomic E-state index is 12.7. The molecular formula is C22H22N2O6S. The van der Waals surface area contributed by atoms with Gasteiger partial charge in [-0.2, -0.15) is 4.99 Å². The van der Waals surface area contributed by atoms with Gasteiger partial charge in [0.1, 0.15) is 12.3 Å². The first-order valence-electron chi connectivity index (χ1n) is 9.66. The van der Waals surface area contributed by atoms with Gasteiger partial charge in [-0.05, 0) is 56.3 Å². The molecule has 0 spiro atoms. The normalized spacial score (nSPS) is 11.4. The number of nitrogens with zero attached hydrogens (tertiary/aromatic N) is 2. The van der Waals surface area contributed by atoms with Gasteiger partial charge in [-0.15, -0.1) is 0 Å². The third-order valence-electron chi connectivity index (χ3n) is 4.32. The van der Waals surface area contributed by atoms with Crippen LogP contribution in [0.4, 0.5) is 0 Å². The van der Waals surface area contributed by atoms with E-state index in [2.05, 4.69) is 4.99 Å². The molecule has 8 nitrogen and oxygen atoms in total. The van der Waals surface area contributed by atoms with E-state index in [1.54, 1.807) is 54.0 Å². The van der Waals surface area contributed by atoms with E-state index < -0.39 is 17.8 Å². The van der Waals surface area contributed by atoms with Crippen molar-refractivity contribution >= 4 is 39.4 Å². The monoisotopic (exact) mass is 442 g/mol. The van der Waals surface area contributed by atoms with E-state index in [4.69, 9.17) is 14.2 Å². The maximum absolute atomic E-state index is 12.7. The number of benzene rings is 2. The van der Waals surface area contributed by atoms with Gasteiger partial charge in [-0.1, -0.05) is 11.3 Å². The first-order valence-corrected chi connectivity index (χ1v) is 10.5. The highest BCUT2D eigenvalue weighted by atomic mass is 32.1. The molecule has 1 heterocycles. The predicted molar refractivity (Wildman–Crippen MR) is 115 cm³/mol. The number of esters is 2. The molecule has 1 amide bonds. The number of rotatable bonds is 7.